The standard InChI is InChI=1S/C19H19Cl2N3O2S/c1-2-3-4-14-5-11-17(12-6-14)27(25,26)23-15-7-9-16(10-8-15)24-13-22-18(20)19(24)21/h5-13,23H,2-4H2,1H3. The molecule has 3 aromatic rings. The Labute approximate surface area is 169 Å². The van der Waals surface area contributed by atoms with Crippen LogP contribution in [-0.2, 0) is 16.4 Å². The van der Waals surface area contributed by atoms with Gasteiger partial charge in [-0.25, -0.2) is 13.4 Å². The third kappa shape index (κ3) is 4.64. The Balaban J connectivity index is 1.74. The molecular weight excluding hydrogens is 405 g/mol. The Hall–Kier alpha value is -2.02. The first-order valence-electron chi connectivity index (χ1n) is 8.51. The Morgan fingerprint density at radius 3 is 2.26 bits per heavy atom. The molecule has 0 aliphatic rings. The lowest BCUT2D eigenvalue weighted by atomic mass is 10.1. The molecule has 5 nitrogen and oxygen atoms in total. The highest BCUT2D eigenvalue weighted by atomic mass is 35.5. The van der Waals surface area contributed by atoms with E-state index in [0.29, 0.717) is 10.8 Å². The van der Waals surface area contributed by atoms with E-state index in [2.05, 4.69) is 16.6 Å². The first kappa shape index (κ1) is 19.7. The number of nitrogens with one attached hydrogen (secondary N) is 1. The van der Waals surface area contributed by atoms with E-state index >= 15 is 0 Å². The number of aryl methyl sites for hydroxylation is 1. The smallest absolute Gasteiger partial charge is 0.261 e. The zero-order valence-corrected chi connectivity index (χ0v) is 17.0. The summed E-state index contributed by atoms with van der Waals surface area (Å²) in [7, 11) is -3.65. The van der Waals surface area contributed by atoms with Crippen molar-refractivity contribution in [2.45, 2.75) is 31.1 Å². The number of imidazole rings is 1. The zero-order valence-electron chi connectivity index (χ0n) is 14.7. The molecule has 0 saturated carbocycles. The van der Waals surface area contributed by atoms with Crippen molar-refractivity contribution in [2.24, 2.45) is 0 Å². The Bertz CT molecular complexity index is 1010. The Kier molecular flexibility index (Phi) is 6.09. The van der Waals surface area contributed by atoms with Gasteiger partial charge in [-0.2, -0.15) is 0 Å². The Morgan fingerprint density at radius 2 is 1.70 bits per heavy atom. The fourth-order valence-corrected chi connectivity index (χ4v) is 4.00. The van der Waals surface area contributed by atoms with Gasteiger partial charge in [-0.15, -0.1) is 0 Å². The lowest BCUT2D eigenvalue weighted by Crippen LogP contribution is -2.13. The maximum atomic E-state index is 12.6. The quantitative estimate of drug-likeness (QED) is 0.558. The largest absolute Gasteiger partial charge is 0.288 e. The van der Waals surface area contributed by atoms with Crippen molar-refractivity contribution in [1.82, 2.24) is 9.55 Å². The third-order valence-corrected chi connectivity index (χ3v) is 6.25. The average Bonchev–Trinajstić information content (AvgIpc) is 3.00. The highest BCUT2D eigenvalue weighted by molar-refractivity contribution is 7.92. The summed E-state index contributed by atoms with van der Waals surface area (Å²) in [5, 5.41) is 0.511. The number of hydrogen-bond acceptors (Lipinski definition) is 3. The molecule has 0 bridgehead atoms. The fraction of sp³-hybridized carbons (Fsp3) is 0.211. The number of hydrogen-bond donors (Lipinski definition) is 1. The van der Waals surface area contributed by atoms with E-state index in [1.54, 1.807) is 41.0 Å². The molecule has 0 unspecified atom stereocenters. The van der Waals surface area contributed by atoms with Gasteiger partial charge in [-0.3, -0.25) is 9.29 Å². The van der Waals surface area contributed by atoms with Crippen LogP contribution in [0.25, 0.3) is 5.69 Å². The van der Waals surface area contributed by atoms with Crippen molar-refractivity contribution in [3.8, 4) is 5.69 Å². The molecule has 1 aromatic heterocycles. The normalized spacial score (nSPS) is 11.5. The summed E-state index contributed by atoms with van der Waals surface area (Å²) in [5.74, 6) is 0. The van der Waals surface area contributed by atoms with Crippen LogP contribution in [0.3, 0.4) is 0 Å². The highest BCUT2D eigenvalue weighted by Crippen LogP contribution is 2.25. The molecule has 3 rings (SSSR count). The maximum Gasteiger partial charge on any atom is 0.261 e. The van der Waals surface area contributed by atoms with Crippen LogP contribution >= 0.6 is 23.2 Å². The van der Waals surface area contributed by atoms with Crippen LogP contribution in [0.15, 0.2) is 59.8 Å². The van der Waals surface area contributed by atoms with Gasteiger partial charge in [-0.05, 0) is 54.8 Å². The number of rotatable bonds is 7. The fourth-order valence-electron chi connectivity index (χ4n) is 2.61. The van der Waals surface area contributed by atoms with Crippen molar-refractivity contribution in [3.05, 3.63) is 70.7 Å². The van der Waals surface area contributed by atoms with Crippen LogP contribution in [0, 0.1) is 0 Å². The van der Waals surface area contributed by atoms with E-state index in [1.807, 2.05) is 12.1 Å². The van der Waals surface area contributed by atoms with Gasteiger partial charge in [0.25, 0.3) is 10.0 Å². The summed E-state index contributed by atoms with van der Waals surface area (Å²) in [6.45, 7) is 2.13. The molecule has 142 valence electrons. The van der Waals surface area contributed by atoms with Crippen LogP contribution in [0.4, 0.5) is 5.69 Å². The van der Waals surface area contributed by atoms with Crippen molar-refractivity contribution < 1.29 is 8.42 Å². The second kappa shape index (κ2) is 8.33. The minimum Gasteiger partial charge on any atom is -0.288 e. The van der Waals surface area contributed by atoms with E-state index in [0.717, 1.165) is 30.5 Å². The predicted molar refractivity (Wildman–Crippen MR) is 109 cm³/mol. The molecule has 0 aliphatic heterocycles. The molecule has 8 heteroatoms. The van der Waals surface area contributed by atoms with E-state index in [-0.39, 0.29) is 10.0 Å². The van der Waals surface area contributed by atoms with Gasteiger partial charge >= 0.3 is 0 Å². The van der Waals surface area contributed by atoms with Crippen LogP contribution < -0.4 is 4.72 Å². The van der Waals surface area contributed by atoms with Crippen LogP contribution in [0.5, 0.6) is 0 Å². The van der Waals surface area contributed by atoms with Crippen LogP contribution in [0.2, 0.25) is 10.3 Å². The molecule has 0 radical (unpaired) electrons. The summed E-state index contributed by atoms with van der Waals surface area (Å²) >= 11 is 11.9. The van der Waals surface area contributed by atoms with E-state index in [4.69, 9.17) is 23.2 Å². The topological polar surface area (TPSA) is 64.0 Å². The van der Waals surface area contributed by atoms with Gasteiger partial charge in [0, 0.05) is 11.4 Å². The number of anilines is 1. The number of unbranched alkanes of at least 4 members (excludes halogenated alkanes) is 1. The van der Waals surface area contributed by atoms with Crippen LogP contribution in [0.1, 0.15) is 25.3 Å². The van der Waals surface area contributed by atoms with Gasteiger partial charge in [0.15, 0.2) is 10.3 Å². The van der Waals surface area contributed by atoms with Gasteiger partial charge in [0.1, 0.15) is 6.33 Å². The van der Waals surface area contributed by atoms with Crippen LogP contribution in [-0.4, -0.2) is 18.0 Å². The molecule has 0 fully saturated rings. The van der Waals surface area contributed by atoms with Crippen molar-refractivity contribution in [2.75, 3.05) is 4.72 Å². The minimum absolute atomic E-state index is 0.212. The molecule has 0 amide bonds. The van der Waals surface area contributed by atoms with Crippen molar-refractivity contribution >= 4 is 38.9 Å². The Morgan fingerprint density at radius 1 is 1.04 bits per heavy atom. The van der Waals surface area contributed by atoms with E-state index < -0.39 is 10.0 Å². The monoisotopic (exact) mass is 423 g/mol. The van der Waals surface area contributed by atoms with Crippen molar-refractivity contribution in [3.63, 3.8) is 0 Å². The average molecular weight is 424 g/mol. The minimum atomic E-state index is -3.65. The first-order valence-corrected chi connectivity index (χ1v) is 10.7. The second-order valence-electron chi connectivity index (χ2n) is 6.10. The molecule has 1 N–H and O–H groups in total. The van der Waals surface area contributed by atoms with Gasteiger partial charge in [0.05, 0.1) is 4.90 Å². The molecule has 0 atom stereocenters. The molecule has 2 aromatic carbocycles. The highest BCUT2D eigenvalue weighted by Gasteiger charge is 2.14. The lowest BCUT2D eigenvalue weighted by Gasteiger charge is -2.10. The second-order valence-corrected chi connectivity index (χ2v) is 8.49. The molecule has 27 heavy (non-hydrogen) atoms. The summed E-state index contributed by atoms with van der Waals surface area (Å²) < 4.78 is 29.3. The molecular formula is C19H19Cl2N3O2S. The van der Waals surface area contributed by atoms with Crippen molar-refractivity contribution in [1.29, 1.82) is 0 Å². The van der Waals surface area contributed by atoms with Gasteiger partial charge in [-0.1, -0.05) is 48.7 Å². The van der Waals surface area contributed by atoms with E-state index in [9.17, 15) is 8.42 Å². The third-order valence-electron chi connectivity index (χ3n) is 4.12. The lowest BCUT2D eigenvalue weighted by molar-refractivity contribution is 0.601. The number of sulfonamides is 1. The number of benzene rings is 2. The van der Waals surface area contributed by atoms with E-state index in [1.165, 1.54) is 6.33 Å². The summed E-state index contributed by atoms with van der Waals surface area (Å²) in [5.41, 5.74) is 2.31. The summed E-state index contributed by atoms with van der Waals surface area (Å²) in [4.78, 5) is 4.16. The predicted octanol–water partition coefficient (Wildman–Crippen LogP) is 5.32. The molecule has 0 aliphatic carbocycles. The molecule has 0 saturated heterocycles. The first-order chi connectivity index (χ1) is 12.9. The SMILES string of the molecule is CCCCc1ccc(S(=O)(=O)Nc2ccc(-n3cnc(Cl)c3Cl)cc2)cc1. The van der Waals surface area contributed by atoms with Gasteiger partial charge < -0.3 is 0 Å². The molecule has 1 heterocycles. The summed E-state index contributed by atoms with van der Waals surface area (Å²) in [6, 6.07) is 13.8. The van der Waals surface area contributed by atoms with Gasteiger partial charge in [0.2, 0.25) is 0 Å². The number of nitrogens with zero attached hydrogens (tertiary/aromatic N) is 2. The zero-order chi connectivity index (χ0) is 19.4. The number of aromatic nitrogens is 2. The maximum absolute atomic E-state index is 12.6. The summed E-state index contributed by atoms with van der Waals surface area (Å²) in [6.07, 6.45) is 4.65. The molecule has 0 spiro atoms. The number of halogens is 2.